The number of hydrogen-bond donors (Lipinski definition) is 1. The molecular weight excluding hydrogens is 412 g/mol. The lowest BCUT2D eigenvalue weighted by atomic mass is 9.88. The number of hydrogen-bond acceptors (Lipinski definition) is 4. The van der Waals surface area contributed by atoms with Crippen LogP contribution in [0, 0.1) is 6.92 Å². The van der Waals surface area contributed by atoms with E-state index in [9.17, 15) is 13.2 Å². The molecule has 6 nitrogen and oxygen atoms in total. The maximum absolute atomic E-state index is 13.1. The van der Waals surface area contributed by atoms with Gasteiger partial charge in [0.2, 0.25) is 10.0 Å². The lowest BCUT2D eigenvalue weighted by molar-refractivity contribution is -0.128. The number of nitrogens with one attached hydrogen (secondary N) is 1. The molecule has 0 saturated carbocycles. The van der Waals surface area contributed by atoms with Gasteiger partial charge in [-0.2, -0.15) is 0 Å². The van der Waals surface area contributed by atoms with Gasteiger partial charge in [-0.1, -0.05) is 31.2 Å². The predicted molar refractivity (Wildman–Crippen MR) is 122 cm³/mol. The van der Waals surface area contributed by atoms with Crippen LogP contribution in [0.3, 0.4) is 0 Å². The van der Waals surface area contributed by atoms with E-state index in [1.54, 1.807) is 12.1 Å². The summed E-state index contributed by atoms with van der Waals surface area (Å²) in [5.74, 6) is 0.105. The van der Waals surface area contributed by atoms with Crippen LogP contribution in [0.5, 0.6) is 5.75 Å². The molecule has 2 aromatic carbocycles. The minimum Gasteiger partial charge on any atom is -0.476 e. The molecule has 0 bridgehead atoms. The van der Waals surface area contributed by atoms with Crippen LogP contribution in [0.2, 0.25) is 0 Å². The Hall–Kier alpha value is -2.54. The van der Waals surface area contributed by atoms with E-state index in [1.165, 1.54) is 28.3 Å². The fourth-order valence-electron chi connectivity index (χ4n) is 4.47. The molecule has 1 amide bonds. The number of carbonyl (C=O) groups is 1. The number of aryl methyl sites for hydroxylation is 3. The van der Waals surface area contributed by atoms with E-state index in [1.807, 2.05) is 19.9 Å². The Labute approximate surface area is 184 Å². The first-order chi connectivity index (χ1) is 14.8. The minimum absolute atomic E-state index is 0.0399. The van der Waals surface area contributed by atoms with E-state index in [4.69, 9.17) is 4.74 Å². The number of ether oxygens (including phenoxy) is 1. The summed E-state index contributed by atoms with van der Waals surface area (Å²) in [5, 5.41) is 3.09. The molecule has 1 aliphatic heterocycles. The van der Waals surface area contributed by atoms with Gasteiger partial charge < -0.3 is 10.1 Å². The fourth-order valence-corrected chi connectivity index (χ4v) is 5.37. The second-order valence-corrected chi connectivity index (χ2v) is 10.5. The van der Waals surface area contributed by atoms with E-state index in [-0.39, 0.29) is 18.5 Å². The smallest absolute Gasteiger partial charge is 0.263 e. The van der Waals surface area contributed by atoms with Crippen LogP contribution < -0.4 is 14.4 Å². The van der Waals surface area contributed by atoms with Crippen molar-refractivity contribution in [1.29, 1.82) is 0 Å². The van der Waals surface area contributed by atoms with Crippen molar-refractivity contribution < 1.29 is 17.9 Å². The molecule has 31 heavy (non-hydrogen) atoms. The molecule has 0 aromatic heterocycles. The summed E-state index contributed by atoms with van der Waals surface area (Å²) in [5.41, 5.74) is 5.27. The molecule has 1 heterocycles. The fraction of sp³-hybridized carbons (Fsp3) is 0.458. The van der Waals surface area contributed by atoms with Gasteiger partial charge in [-0.05, 0) is 73.4 Å². The predicted octanol–water partition coefficient (Wildman–Crippen LogP) is 3.67. The van der Waals surface area contributed by atoms with Gasteiger partial charge >= 0.3 is 0 Å². The summed E-state index contributed by atoms with van der Waals surface area (Å²) < 4.78 is 32.0. The van der Waals surface area contributed by atoms with Crippen molar-refractivity contribution >= 4 is 21.6 Å². The summed E-state index contributed by atoms with van der Waals surface area (Å²) in [7, 11) is -3.55. The van der Waals surface area contributed by atoms with Gasteiger partial charge in [0.15, 0.2) is 6.10 Å². The van der Waals surface area contributed by atoms with E-state index < -0.39 is 16.1 Å². The molecule has 0 spiro atoms. The van der Waals surface area contributed by atoms with Gasteiger partial charge in [0, 0.05) is 0 Å². The summed E-state index contributed by atoms with van der Waals surface area (Å²) >= 11 is 0. The van der Waals surface area contributed by atoms with Crippen LogP contribution in [0.25, 0.3) is 0 Å². The van der Waals surface area contributed by atoms with Crippen LogP contribution in [0.4, 0.5) is 5.69 Å². The summed E-state index contributed by atoms with van der Waals surface area (Å²) in [4.78, 5) is 13.1. The van der Waals surface area contributed by atoms with Gasteiger partial charge in [0.1, 0.15) is 5.75 Å². The Morgan fingerprint density at radius 1 is 1.16 bits per heavy atom. The van der Waals surface area contributed by atoms with Crippen molar-refractivity contribution in [3.05, 3.63) is 58.7 Å². The van der Waals surface area contributed by atoms with Gasteiger partial charge in [0.25, 0.3) is 5.91 Å². The number of anilines is 1. The third-order valence-corrected chi connectivity index (χ3v) is 7.32. The first-order valence-electron chi connectivity index (χ1n) is 10.9. The number of amides is 1. The molecule has 7 heteroatoms. The number of sulfonamides is 1. The average molecular weight is 443 g/mol. The molecule has 0 fully saturated rings. The average Bonchev–Trinajstić information content (AvgIpc) is 2.75. The van der Waals surface area contributed by atoms with Crippen LogP contribution in [0.1, 0.15) is 54.5 Å². The minimum atomic E-state index is -3.55. The highest BCUT2D eigenvalue weighted by atomic mass is 32.2. The third-order valence-electron chi connectivity index (χ3n) is 6.18. The lowest BCUT2D eigenvalue weighted by Gasteiger charge is -2.34. The summed E-state index contributed by atoms with van der Waals surface area (Å²) in [6, 6.07) is 11.7. The Bertz CT molecular complexity index is 1100. The zero-order valence-corrected chi connectivity index (χ0v) is 19.2. The van der Waals surface area contributed by atoms with E-state index in [2.05, 4.69) is 23.5 Å². The normalized spacial score (nSPS) is 19.1. The van der Waals surface area contributed by atoms with Crippen molar-refractivity contribution in [2.75, 3.05) is 17.1 Å². The molecule has 0 saturated heterocycles. The number of rotatable bonds is 5. The second kappa shape index (κ2) is 8.54. The SMILES string of the molecule is CC[C@H](NC(=O)[C@H]1CN(S(C)(=O)=O)c2cc(C)ccc2O1)c1ccc2c(c1)CCCC2. The number of benzene rings is 2. The van der Waals surface area contributed by atoms with Gasteiger partial charge in [-0.25, -0.2) is 8.42 Å². The molecule has 4 rings (SSSR count). The number of nitrogens with zero attached hydrogens (tertiary/aromatic N) is 1. The maximum atomic E-state index is 13.1. The highest BCUT2D eigenvalue weighted by molar-refractivity contribution is 7.92. The van der Waals surface area contributed by atoms with Crippen LogP contribution >= 0.6 is 0 Å². The Balaban J connectivity index is 1.55. The molecule has 2 aliphatic rings. The second-order valence-electron chi connectivity index (χ2n) is 8.58. The van der Waals surface area contributed by atoms with Gasteiger partial charge in [0.05, 0.1) is 24.5 Å². The van der Waals surface area contributed by atoms with E-state index >= 15 is 0 Å². The first-order valence-corrected chi connectivity index (χ1v) is 12.8. The number of fused-ring (bicyclic) bond motifs is 2. The van der Waals surface area contributed by atoms with Crippen molar-refractivity contribution in [1.82, 2.24) is 5.32 Å². The molecule has 0 radical (unpaired) electrons. The quantitative estimate of drug-likeness (QED) is 0.767. The lowest BCUT2D eigenvalue weighted by Crippen LogP contribution is -2.51. The van der Waals surface area contributed by atoms with Crippen molar-refractivity contribution in [3.63, 3.8) is 0 Å². The van der Waals surface area contributed by atoms with Crippen molar-refractivity contribution in [2.24, 2.45) is 0 Å². The van der Waals surface area contributed by atoms with Crippen LogP contribution in [0.15, 0.2) is 36.4 Å². The molecule has 166 valence electrons. The van der Waals surface area contributed by atoms with Gasteiger partial charge in [-0.3, -0.25) is 9.10 Å². The highest BCUT2D eigenvalue weighted by Gasteiger charge is 2.35. The Kier molecular flexibility index (Phi) is 5.97. The zero-order valence-electron chi connectivity index (χ0n) is 18.3. The molecule has 1 aliphatic carbocycles. The molecule has 0 unspecified atom stereocenters. The highest BCUT2D eigenvalue weighted by Crippen LogP contribution is 2.36. The van der Waals surface area contributed by atoms with Crippen molar-refractivity contribution in [3.8, 4) is 5.75 Å². The number of carbonyl (C=O) groups excluding carboxylic acids is 1. The Morgan fingerprint density at radius 2 is 1.90 bits per heavy atom. The van der Waals surface area contributed by atoms with Gasteiger partial charge in [-0.15, -0.1) is 0 Å². The zero-order chi connectivity index (χ0) is 22.2. The molecule has 1 N–H and O–H groups in total. The topological polar surface area (TPSA) is 75.7 Å². The van der Waals surface area contributed by atoms with E-state index in [0.717, 1.165) is 36.6 Å². The molecular formula is C24H30N2O4S. The maximum Gasteiger partial charge on any atom is 0.263 e. The monoisotopic (exact) mass is 442 g/mol. The third kappa shape index (κ3) is 4.56. The van der Waals surface area contributed by atoms with Crippen LogP contribution in [-0.2, 0) is 27.7 Å². The molecule has 2 aromatic rings. The van der Waals surface area contributed by atoms with Crippen molar-refractivity contribution in [2.45, 2.75) is 58.1 Å². The van der Waals surface area contributed by atoms with E-state index in [0.29, 0.717) is 11.4 Å². The largest absolute Gasteiger partial charge is 0.476 e. The Morgan fingerprint density at radius 3 is 2.61 bits per heavy atom. The molecule has 2 atom stereocenters. The standard InChI is InChI=1S/C24H30N2O4S/c1-4-20(19-11-10-17-7-5-6-8-18(17)14-19)25-24(27)23-15-26(31(3,28)29)21-13-16(2)9-12-22(21)30-23/h9-14,20,23H,4-8,15H2,1-3H3,(H,25,27)/t20-,23+/m0/s1. The first kappa shape index (κ1) is 21.7. The van der Waals surface area contributed by atoms with Crippen LogP contribution in [-0.4, -0.2) is 33.2 Å². The summed E-state index contributed by atoms with van der Waals surface area (Å²) in [6.45, 7) is 3.89. The summed E-state index contributed by atoms with van der Waals surface area (Å²) in [6.07, 6.45) is 5.63.